The lowest BCUT2D eigenvalue weighted by molar-refractivity contribution is 0.0772. The zero-order valence-corrected chi connectivity index (χ0v) is 11.1. The monoisotopic (exact) mass is 273 g/mol. The molecule has 0 spiro atoms. The lowest BCUT2D eigenvalue weighted by Gasteiger charge is -2.26. The molecule has 0 saturated carbocycles. The van der Waals surface area contributed by atoms with Crippen molar-refractivity contribution in [2.24, 2.45) is 0 Å². The SMILES string of the molecule is Cc1ccoc1C(=O)NCC1COc2ccccc2O1. The van der Waals surface area contributed by atoms with Crippen LogP contribution >= 0.6 is 0 Å². The van der Waals surface area contributed by atoms with Gasteiger partial charge in [-0.2, -0.15) is 0 Å². The zero-order valence-electron chi connectivity index (χ0n) is 11.1. The van der Waals surface area contributed by atoms with E-state index in [0.717, 1.165) is 11.3 Å². The summed E-state index contributed by atoms with van der Waals surface area (Å²) in [6, 6.07) is 9.24. The molecular weight excluding hydrogens is 258 g/mol. The molecule has 1 N–H and O–H groups in total. The molecule has 0 aliphatic carbocycles. The summed E-state index contributed by atoms with van der Waals surface area (Å²) < 4.78 is 16.5. The standard InChI is InChI=1S/C15H15NO4/c1-10-6-7-18-14(10)15(17)16-8-11-9-19-12-4-2-3-5-13(12)20-11/h2-7,11H,8-9H2,1H3,(H,16,17). The highest BCUT2D eigenvalue weighted by Crippen LogP contribution is 2.30. The Labute approximate surface area is 116 Å². The number of nitrogens with one attached hydrogen (secondary N) is 1. The molecule has 5 nitrogen and oxygen atoms in total. The second-order valence-electron chi connectivity index (χ2n) is 4.64. The molecule has 5 heteroatoms. The number of carbonyl (C=O) groups is 1. The second-order valence-corrected chi connectivity index (χ2v) is 4.64. The van der Waals surface area contributed by atoms with Crippen molar-refractivity contribution in [2.75, 3.05) is 13.2 Å². The Morgan fingerprint density at radius 3 is 2.85 bits per heavy atom. The fourth-order valence-electron chi connectivity index (χ4n) is 2.06. The van der Waals surface area contributed by atoms with Crippen LogP contribution in [0.3, 0.4) is 0 Å². The van der Waals surface area contributed by atoms with E-state index in [1.165, 1.54) is 6.26 Å². The van der Waals surface area contributed by atoms with Crippen molar-refractivity contribution in [3.05, 3.63) is 47.9 Å². The van der Waals surface area contributed by atoms with Gasteiger partial charge in [-0.1, -0.05) is 12.1 Å². The third kappa shape index (κ3) is 2.47. The summed E-state index contributed by atoms with van der Waals surface area (Å²) in [5, 5.41) is 2.79. The first-order chi connectivity index (χ1) is 9.74. The van der Waals surface area contributed by atoms with Gasteiger partial charge in [0.25, 0.3) is 5.91 Å². The summed E-state index contributed by atoms with van der Waals surface area (Å²) in [6.07, 6.45) is 1.30. The van der Waals surface area contributed by atoms with Crippen molar-refractivity contribution in [2.45, 2.75) is 13.0 Å². The molecule has 3 rings (SSSR count). The minimum absolute atomic E-state index is 0.205. The first kappa shape index (κ1) is 12.6. The highest BCUT2D eigenvalue weighted by Gasteiger charge is 2.22. The van der Waals surface area contributed by atoms with Crippen molar-refractivity contribution < 1.29 is 18.7 Å². The van der Waals surface area contributed by atoms with Gasteiger partial charge in [0.15, 0.2) is 17.3 Å². The van der Waals surface area contributed by atoms with Crippen LogP contribution in [0.15, 0.2) is 41.0 Å². The first-order valence-electron chi connectivity index (χ1n) is 6.45. The number of hydrogen-bond acceptors (Lipinski definition) is 4. The Hall–Kier alpha value is -2.43. The predicted octanol–water partition coefficient (Wildman–Crippen LogP) is 2.16. The van der Waals surface area contributed by atoms with Crippen LogP contribution in [-0.2, 0) is 0 Å². The fourth-order valence-corrected chi connectivity index (χ4v) is 2.06. The first-order valence-corrected chi connectivity index (χ1v) is 6.45. The molecule has 1 aliphatic heterocycles. The van der Waals surface area contributed by atoms with Crippen molar-refractivity contribution in [1.82, 2.24) is 5.32 Å². The molecule has 1 unspecified atom stereocenters. The van der Waals surface area contributed by atoms with E-state index in [4.69, 9.17) is 13.9 Å². The second kappa shape index (κ2) is 5.28. The number of benzene rings is 1. The van der Waals surface area contributed by atoms with E-state index in [2.05, 4.69) is 5.32 Å². The predicted molar refractivity (Wildman–Crippen MR) is 72.1 cm³/mol. The molecule has 104 valence electrons. The average molecular weight is 273 g/mol. The van der Waals surface area contributed by atoms with Crippen molar-refractivity contribution in [1.29, 1.82) is 0 Å². The quantitative estimate of drug-likeness (QED) is 0.931. The fraction of sp³-hybridized carbons (Fsp3) is 0.267. The van der Waals surface area contributed by atoms with Crippen LogP contribution in [-0.4, -0.2) is 25.2 Å². The van der Waals surface area contributed by atoms with Gasteiger partial charge in [-0.05, 0) is 25.1 Å². The molecule has 1 aromatic heterocycles. The molecule has 1 atom stereocenters. The molecular formula is C15H15NO4. The molecule has 0 bridgehead atoms. The van der Waals surface area contributed by atoms with Gasteiger partial charge in [-0.25, -0.2) is 0 Å². The summed E-state index contributed by atoms with van der Waals surface area (Å²) >= 11 is 0. The number of carbonyl (C=O) groups excluding carboxylic acids is 1. The molecule has 0 saturated heterocycles. The molecule has 0 fully saturated rings. The lowest BCUT2D eigenvalue weighted by Crippen LogP contribution is -2.40. The van der Waals surface area contributed by atoms with Gasteiger partial charge < -0.3 is 19.2 Å². The Kier molecular flexibility index (Phi) is 3.33. The van der Waals surface area contributed by atoms with Gasteiger partial charge in [0, 0.05) is 5.56 Å². The normalized spacial score (nSPS) is 16.8. The van der Waals surface area contributed by atoms with E-state index in [-0.39, 0.29) is 12.0 Å². The van der Waals surface area contributed by atoms with E-state index in [0.29, 0.717) is 24.7 Å². The highest BCUT2D eigenvalue weighted by atomic mass is 16.6. The molecule has 0 radical (unpaired) electrons. The Morgan fingerprint density at radius 2 is 2.10 bits per heavy atom. The number of fused-ring (bicyclic) bond motifs is 1. The molecule has 20 heavy (non-hydrogen) atoms. The van der Waals surface area contributed by atoms with E-state index in [1.54, 1.807) is 6.07 Å². The molecule has 1 aromatic carbocycles. The summed E-state index contributed by atoms with van der Waals surface area (Å²) in [5.74, 6) is 1.53. The van der Waals surface area contributed by atoms with Crippen molar-refractivity contribution in [3.63, 3.8) is 0 Å². The van der Waals surface area contributed by atoms with Gasteiger partial charge in [0.05, 0.1) is 12.8 Å². The van der Waals surface area contributed by atoms with E-state index < -0.39 is 0 Å². The number of rotatable bonds is 3. The number of aryl methyl sites for hydroxylation is 1. The maximum atomic E-state index is 11.9. The van der Waals surface area contributed by atoms with E-state index >= 15 is 0 Å². The van der Waals surface area contributed by atoms with Gasteiger partial charge in [0.1, 0.15) is 12.7 Å². The highest BCUT2D eigenvalue weighted by molar-refractivity contribution is 5.92. The van der Waals surface area contributed by atoms with Crippen LogP contribution in [0.4, 0.5) is 0 Å². The third-order valence-electron chi connectivity index (χ3n) is 3.13. The molecule has 1 aliphatic rings. The number of furan rings is 1. The van der Waals surface area contributed by atoms with E-state index in [9.17, 15) is 4.79 Å². The van der Waals surface area contributed by atoms with Gasteiger partial charge >= 0.3 is 0 Å². The topological polar surface area (TPSA) is 60.7 Å². The molecule has 2 heterocycles. The summed E-state index contributed by atoms with van der Waals surface area (Å²) in [6.45, 7) is 2.61. The average Bonchev–Trinajstić information content (AvgIpc) is 2.91. The van der Waals surface area contributed by atoms with Gasteiger partial charge in [0.2, 0.25) is 0 Å². The van der Waals surface area contributed by atoms with Gasteiger partial charge in [-0.3, -0.25) is 4.79 Å². The summed E-state index contributed by atoms with van der Waals surface area (Å²) in [7, 11) is 0. The van der Waals surface area contributed by atoms with Crippen LogP contribution in [0.25, 0.3) is 0 Å². The Bertz CT molecular complexity index is 620. The third-order valence-corrected chi connectivity index (χ3v) is 3.13. The summed E-state index contributed by atoms with van der Waals surface area (Å²) in [5.41, 5.74) is 0.814. The van der Waals surface area contributed by atoms with Gasteiger partial charge in [-0.15, -0.1) is 0 Å². The number of hydrogen-bond donors (Lipinski definition) is 1. The van der Waals surface area contributed by atoms with Crippen LogP contribution < -0.4 is 14.8 Å². The Morgan fingerprint density at radius 1 is 1.30 bits per heavy atom. The maximum Gasteiger partial charge on any atom is 0.287 e. The molecule has 1 amide bonds. The zero-order chi connectivity index (χ0) is 13.9. The van der Waals surface area contributed by atoms with Crippen LogP contribution in [0.1, 0.15) is 16.1 Å². The summed E-state index contributed by atoms with van der Waals surface area (Å²) in [4.78, 5) is 11.9. The van der Waals surface area contributed by atoms with Crippen LogP contribution in [0, 0.1) is 6.92 Å². The maximum absolute atomic E-state index is 11.9. The Balaban J connectivity index is 1.58. The number of ether oxygens (including phenoxy) is 2. The van der Waals surface area contributed by atoms with E-state index in [1.807, 2.05) is 31.2 Å². The number of amides is 1. The van der Waals surface area contributed by atoms with Crippen molar-refractivity contribution in [3.8, 4) is 11.5 Å². The number of para-hydroxylation sites is 2. The van der Waals surface area contributed by atoms with Crippen LogP contribution in [0.2, 0.25) is 0 Å². The molecule has 2 aromatic rings. The van der Waals surface area contributed by atoms with Crippen molar-refractivity contribution >= 4 is 5.91 Å². The minimum atomic E-state index is -0.241. The minimum Gasteiger partial charge on any atom is -0.486 e. The lowest BCUT2D eigenvalue weighted by atomic mass is 10.2. The smallest absolute Gasteiger partial charge is 0.287 e. The largest absolute Gasteiger partial charge is 0.486 e. The van der Waals surface area contributed by atoms with Crippen LogP contribution in [0.5, 0.6) is 11.5 Å².